The molecule has 0 aliphatic carbocycles. The van der Waals surface area contributed by atoms with E-state index in [4.69, 9.17) is 22.1 Å². The van der Waals surface area contributed by atoms with Crippen molar-refractivity contribution in [1.82, 2.24) is 5.32 Å². The highest BCUT2D eigenvalue weighted by molar-refractivity contribution is 6.32. The third-order valence-electron chi connectivity index (χ3n) is 2.50. The molecule has 0 fully saturated rings. The first-order valence-corrected chi connectivity index (χ1v) is 5.80. The van der Waals surface area contributed by atoms with E-state index in [0.717, 1.165) is 25.3 Å². The first kappa shape index (κ1) is 13.3. The van der Waals surface area contributed by atoms with Crippen LogP contribution in [0, 0.1) is 6.92 Å². The quantitative estimate of drug-likeness (QED) is 0.748. The first-order chi connectivity index (χ1) is 7.69. The van der Waals surface area contributed by atoms with Gasteiger partial charge in [0.15, 0.2) is 0 Å². The lowest BCUT2D eigenvalue weighted by Crippen LogP contribution is -2.24. The molecule has 0 atom stereocenters. The van der Waals surface area contributed by atoms with Crippen molar-refractivity contribution in [3.63, 3.8) is 0 Å². The smallest absolute Gasteiger partial charge is 0.137 e. The molecule has 0 bridgehead atoms. The average molecular weight is 243 g/mol. The van der Waals surface area contributed by atoms with E-state index in [2.05, 4.69) is 12.2 Å². The third kappa shape index (κ3) is 3.67. The van der Waals surface area contributed by atoms with Crippen LogP contribution < -0.4 is 15.8 Å². The Hall–Kier alpha value is -0.770. The van der Waals surface area contributed by atoms with Crippen molar-refractivity contribution in [2.75, 3.05) is 26.7 Å². The summed E-state index contributed by atoms with van der Waals surface area (Å²) in [6.07, 6.45) is 0.954. The fraction of sp³-hybridized carbons (Fsp3) is 0.500. The van der Waals surface area contributed by atoms with Crippen LogP contribution in [0.25, 0.3) is 0 Å². The normalized spacial score (nSPS) is 10.5. The molecule has 0 aliphatic heterocycles. The summed E-state index contributed by atoms with van der Waals surface area (Å²) in [5.74, 6) is 0.734. The van der Waals surface area contributed by atoms with Gasteiger partial charge in [-0.25, -0.2) is 0 Å². The van der Waals surface area contributed by atoms with Crippen LogP contribution in [0.5, 0.6) is 5.75 Å². The highest BCUT2D eigenvalue weighted by atomic mass is 35.5. The molecule has 0 amide bonds. The van der Waals surface area contributed by atoms with Gasteiger partial charge in [0, 0.05) is 13.1 Å². The minimum atomic E-state index is 0.668. The molecule has 0 radical (unpaired) electrons. The number of nitrogens with one attached hydrogen (secondary N) is 1. The molecule has 0 unspecified atom stereocenters. The van der Waals surface area contributed by atoms with Crippen molar-refractivity contribution >= 4 is 11.6 Å². The summed E-state index contributed by atoms with van der Waals surface area (Å²) < 4.78 is 5.16. The van der Waals surface area contributed by atoms with Gasteiger partial charge in [0.05, 0.1) is 12.1 Å². The Morgan fingerprint density at radius 1 is 1.38 bits per heavy atom. The van der Waals surface area contributed by atoms with Crippen LogP contribution in [0.2, 0.25) is 5.02 Å². The van der Waals surface area contributed by atoms with E-state index in [1.807, 2.05) is 12.1 Å². The summed E-state index contributed by atoms with van der Waals surface area (Å²) in [6.45, 7) is 4.50. The first-order valence-electron chi connectivity index (χ1n) is 5.42. The number of hydrogen-bond donors (Lipinski definition) is 2. The molecule has 0 saturated heterocycles. The zero-order chi connectivity index (χ0) is 12.0. The highest BCUT2D eigenvalue weighted by Gasteiger charge is 2.05. The average Bonchev–Trinajstić information content (AvgIpc) is 2.28. The van der Waals surface area contributed by atoms with Crippen LogP contribution in [-0.2, 0) is 6.42 Å². The summed E-state index contributed by atoms with van der Waals surface area (Å²) in [4.78, 5) is 0. The molecule has 0 saturated carbocycles. The molecule has 0 aliphatic rings. The Bertz CT molecular complexity index is 342. The number of rotatable bonds is 6. The number of halogens is 1. The zero-order valence-electron chi connectivity index (χ0n) is 9.85. The standard InChI is InChI=1S/C12H19ClN2O/c1-9-7-12(16-2)11(13)8-10(9)3-5-15-6-4-14/h7-8,15H,3-6,14H2,1-2H3. The van der Waals surface area contributed by atoms with Gasteiger partial charge in [-0.2, -0.15) is 0 Å². The van der Waals surface area contributed by atoms with Crippen molar-refractivity contribution in [1.29, 1.82) is 0 Å². The van der Waals surface area contributed by atoms with Crippen LogP contribution in [0.3, 0.4) is 0 Å². The number of benzene rings is 1. The van der Waals surface area contributed by atoms with Gasteiger partial charge < -0.3 is 15.8 Å². The highest BCUT2D eigenvalue weighted by Crippen LogP contribution is 2.27. The predicted molar refractivity (Wildman–Crippen MR) is 68.4 cm³/mol. The maximum Gasteiger partial charge on any atom is 0.137 e. The van der Waals surface area contributed by atoms with Gasteiger partial charge in [0.2, 0.25) is 0 Å². The van der Waals surface area contributed by atoms with Crippen molar-refractivity contribution in [3.05, 3.63) is 28.3 Å². The fourth-order valence-corrected chi connectivity index (χ4v) is 1.84. The summed E-state index contributed by atoms with van der Waals surface area (Å²) in [5, 5.41) is 3.93. The number of ether oxygens (including phenoxy) is 1. The van der Waals surface area contributed by atoms with E-state index in [0.29, 0.717) is 11.6 Å². The summed E-state index contributed by atoms with van der Waals surface area (Å²) in [7, 11) is 1.63. The van der Waals surface area contributed by atoms with Gasteiger partial charge in [-0.15, -0.1) is 0 Å². The zero-order valence-corrected chi connectivity index (χ0v) is 10.6. The third-order valence-corrected chi connectivity index (χ3v) is 2.80. The molecule has 0 spiro atoms. The van der Waals surface area contributed by atoms with Crippen molar-refractivity contribution in [2.24, 2.45) is 5.73 Å². The van der Waals surface area contributed by atoms with E-state index < -0.39 is 0 Å². The molecule has 1 aromatic rings. The number of hydrogen-bond acceptors (Lipinski definition) is 3. The summed E-state index contributed by atoms with van der Waals surface area (Å²) >= 11 is 6.08. The second-order valence-electron chi connectivity index (χ2n) is 3.70. The largest absolute Gasteiger partial charge is 0.495 e. The lowest BCUT2D eigenvalue weighted by molar-refractivity contribution is 0.414. The Balaban J connectivity index is 2.63. The molecular formula is C12H19ClN2O. The van der Waals surface area contributed by atoms with Crippen molar-refractivity contribution in [2.45, 2.75) is 13.3 Å². The Morgan fingerprint density at radius 3 is 2.75 bits per heavy atom. The maximum absolute atomic E-state index is 6.08. The minimum absolute atomic E-state index is 0.668. The van der Waals surface area contributed by atoms with E-state index in [-0.39, 0.29) is 0 Å². The van der Waals surface area contributed by atoms with Crippen molar-refractivity contribution in [3.8, 4) is 5.75 Å². The molecule has 1 aromatic carbocycles. The van der Waals surface area contributed by atoms with Gasteiger partial charge in [-0.1, -0.05) is 11.6 Å². The maximum atomic E-state index is 6.08. The molecule has 0 aromatic heterocycles. The van der Waals surface area contributed by atoms with Crippen LogP contribution in [0.4, 0.5) is 0 Å². The Kier molecular flexibility index (Phi) is 5.60. The molecule has 0 heterocycles. The number of aryl methyl sites for hydroxylation is 1. The molecular weight excluding hydrogens is 224 g/mol. The predicted octanol–water partition coefficient (Wildman–Crippen LogP) is 1.75. The molecule has 4 heteroatoms. The molecule has 16 heavy (non-hydrogen) atoms. The van der Waals surface area contributed by atoms with E-state index in [1.165, 1.54) is 11.1 Å². The van der Waals surface area contributed by atoms with Crippen LogP contribution in [0.1, 0.15) is 11.1 Å². The minimum Gasteiger partial charge on any atom is -0.495 e. The van der Waals surface area contributed by atoms with Gasteiger partial charge in [-0.05, 0) is 43.1 Å². The fourth-order valence-electron chi connectivity index (χ4n) is 1.57. The lowest BCUT2D eigenvalue weighted by atomic mass is 10.1. The molecule has 3 N–H and O–H groups in total. The van der Waals surface area contributed by atoms with E-state index >= 15 is 0 Å². The molecule has 3 nitrogen and oxygen atoms in total. The van der Waals surface area contributed by atoms with Gasteiger partial charge >= 0.3 is 0 Å². The molecule has 1 rings (SSSR count). The van der Waals surface area contributed by atoms with Crippen molar-refractivity contribution < 1.29 is 4.74 Å². The van der Waals surface area contributed by atoms with Crippen LogP contribution in [0.15, 0.2) is 12.1 Å². The van der Waals surface area contributed by atoms with Gasteiger partial charge in [0.25, 0.3) is 0 Å². The number of methoxy groups -OCH3 is 1. The second-order valence-corrected chi connectivity index (χ2v) is 4.11. The lowest BCUT2D eigenvalue weighted by Gasteiger charge is -2.10. The second kappa shape index (κ2) is 6.74. The molecule has 90 valence electrons. The Morgan fingerprint density at radius 2 is 2.12 bits per heavy atom. The summed E-state index contributed by atoms with van der Waals surface area (Å²) in [6, 6.07) is 3.94. The number of nitrogens with two attached hydrogens (primary N) is 1. The topological polar surface area (TPSA) is 47.3 Å². The van der Waals surface area contributed by atoms with Gasteiger partial charge in [0.1, 0.15) is 5.75 Å². The van der Waals surface area contributed by atoms with E-state index in [9.17, 15) is 0 Å². The van der Waals surface area contributed by atoms with Gasteiger partial charge in [-0.3, -0.25) is 0 Å². The van der Waals surface area contributed by atoms with Crippen LogP contribution in [-0.4, -0.2) is 26.7 Å². The Labute approximate surface area is 102 Å². The summed E-state index contributed by atoms with van der Waals surface area (Å²) in [5.41, 5.74) is 7.85. The SMILES string of the molecule is COc1cc(C)c(CCNCCN)cc1Cl. The van der Waals surface area contributed by atoms with E-state index in [1.54, 1.807) is 7.11 Å². The monoisotopic (exact) mass is 242 g/mol. The van der Waals surface area contributed by atoms with Crippen LogP contribution >= 0.6 is 11.6 Å².